The Labute approximate surface area is 223 Å². The molecule has 0 aliphatic heterocycles. The lowest BCUT2D eigenvalue weighted by atomic mass is 10.0. The number of carbonyl (C=O) groups excluding carboxylic acids is 2. The number of nitrogens with zero attached hydrogens (tertiary/aromatic N) is 1. The second-order valence-corrected chi connectivity index (χ2v) is 10.0. The third-order valence-electron chi connectivity index (χ3n) is 5.72. The Hall–Kier alpha value is -3.02. The smallest absolute Gasteiger partial charge is 0.261 e. The van der Waals surface area contributed by atoms with Crippen molar-refractivity contribution in [3.05, 3.63) is 99.0 Å². The van der Waals surface area contributed by atoms with Crippen LogP contribution in [0.25, 0.3) is 0 Å². The Kier molecular flexibility index (Phi) is 9.80. The standard InChI is InChI=1S/C29H32Cl2N2O3/c1-19(2)32-29(35)26(16-22-8-6-5-7-9-22)33(17-23-11-12-24(30)25(31)15-23)28(34)18-36-27-13-10-20(3)14-21(27)4/h5-15,19,26H,16-18H2,1-4H3,(H,32,35)/t26-/m1/s1. The summed E-state index contributed by atoms with van der Waals surface area (Å²) in [5, 5.41) is 3.79. The van der Waals surface area contributed by atoms with Crippen LogP contribution in [0, 0.1) is 13.8 Å². The minimum atomic E-state index is -0.750. The summed E-state index contributed by atoms with van der Waals surface area (Å²) in [6.07, 6.45) is 0.357. The van der Waals surface area contributed by atoms with E-state index in [1.807, 2.05) is 76.2 Å². The molecule has 0 bridgehead atoms. The van der Waals surface area contributed by atoms with Gasteiger partial charge in [0.15, 0.2) is 6.61 Å². The molecule has 0 aliphatic carbocycles. The summed E-state index contributed by atoms with van der Waals surface area (Å²) in [7, 11) is 0. The lowest BCUT2D eigenvalue weighted by Crippen LogP contribution is -2.52. The van der Waals surface area contributed by atoms with Gasteiger partial charge < -0.3 is 15.0 Å². The SMILES string of the molecule is Cc1ccc(OCC(=O)N(Cc2ccc(Cl)c(Cl)c2)[C@H](Cc2ccccc2)C(=O)NC(C)C)c(C)c1. The van der Waals surface area contributed by atoms with Crippen molar-refractivity contribution < 1.29 is 14.3 Å². The number of hydrogen-bond acceptors (Lipinski definition) is 3. The monoisotopic (exact) mass is 526 g/mol. The fourth-order valence-corrected chi connectivity index (χ4v) is 4.27. The average molecular weight is 527 g/mol. The van der Waals surface area contributed by atoms with Crippen LogP contribution in [-0.2, 0) is 22.6 Å². The molecule has 0 spiro atoms. The lowest BCUT2D eigenvalue weighted by Gasteiger charge is -2.32. The van der Waals surface area contributed by atoms with Crippen LogP contribution in [0.15, 0.2) is 66.7 Å². The van der Waals surface area contributed by atoms with Gasteiger partial charge in [-0.25, -0.2) is 0 Å². The second-order valence-electron chi connectivity index (χ2n) is 9.20. The van der Waals surface area contributed by atoms with Crippen molar-refractivity contribution in [2.24, 2.45) is 0 Å². The van der Waals surface area contributed by atoms with Gasteiger partial charge in [0.1, 0.15) is 11.8 Å². The van der Waals surface area contributed by atoms with Gasteiger partial charge >= 0.3 is 0 Å². The maximum Gasteiger partial charge on any atom is 0.261 e. The zero-order valence-electron chi connectivity index (χ0n) is 21.1. The molecule has 7 heteroatoms. The van der Waals surface area contributed by atoms with Gasteiger partial charge in [-0.05, 0) is 62.6 Å². The molecule has 190 valence electrons. The highest BCUT2D eigenvalue weighted by Gasteiger charge is 2.31. The van der Waals surface area contributed by atoms with Gasteiger partial charge in [0.25, 0.3) is 5.91 Å². The minimum Gasteiger partial charge on any atom is -0.483 e. The van der Waals surface area contributed by atoms with Gasteiger partial charge in [0.2, 0.25) is 5.91 Å². The number of nitrogens with one attached hydrogen (secondary N) is 1. The quantitative estimate of drug-likeness (QED) is 0.344. The zero-order chi connectivity index (χ0) is 26.2. The van der Waals surface area contributed by atoms with Gasteiger partial charge in [-0.3, -0.25) is 9.59 Å². The Morgan fingerprint density at radius 2 is 1.64 bits per heavy atom. The van der Waals surface area contributed by atoms with E-state index in [2.05, 4.69) is 5.32 Å². The minimum absolute atomic E-state index is 0.0795. The highest BCUT2D eigenvalue weighted by Crippen LogP contribution is 2.25. The molecule has 1 atom stereocenters. The summed E-state index contributed by atoms with van der Waals surface area (Å²) in [5.74, 6) is 0.101. The highest BCUT2D eigenvalue weighted by molar-refractivity contribution is 6.42. The number of hydrogen-bond donors (Lipinski definition) is 1. The van der Waals surface area contributed by atoms with E-state index in [0.717, 1.165) is 22.3 Å². The molecule has 0 saturated carbocycles. The molecular weight excluding hydrogens is 495 g/mol. The van der Waals surface area contributed by atoms with E-state index < -0.39 is 6.04 Å². The Morgan fingerprint density at radius 3 is 2.28 bits per heavy atom. The highest BCUT2D eigenvalue weighted by atomic mass is 35.5. The molecule has 0 saturated heterocycles. The van der Waals surface area contributed by atoms with Crippen molar-refractivity contribution in [2.75, 3.05) is 6.61 Å². The number of amides is 2. The molecule has 3 aromatic rings. The van der Waals surface area contributed by atoms with Gasteiger partial charge in [0.05, 0.1) is 10.0 Å². The number of halogens is 2. The largest absolute Gasteiger partial charge is 0.483 e. The maximum absolute atomic E-state index is 13.6. The number of benzene rings is 3. The summed E-state index contributed by atoms with van der Waals surface area (Å²) in [4.78, 5) is 28.6. The van der Waals surface area contributed by atoms with Crippen molar-refractivity contribution >= 4 is 35.0 Å². The first-order chi connectivity index (χ1) is 17.1. The molecule has 2 amide bonds. The van der Waals surface area contributed by atoms with Gasteiger partial charge in [-0.1, -0.05) is 77.3 Å². The van der Waals surface area contributed by atoms with Crippen LogP contribution < -0.4 is 10.1 Å². The molecule has 5 nitrogen and oxygen atoms in total. The summed E-state index contributed by atoms with van der Waals surface area (Å²) in [5.41, 5.74) is 3.77. The van der Waals surface area contributed by atoms with E-state index >= 15 is 0 Å². The van der Waals surface area contributed by atoms with Gasteiger partial charge in [-0.15, -0.1) is 0 Å². The predicted molar refractivity (Wildman–Crippen MR) is 146 cm³/mol. The van der Waals surface area contributed by atoms with Crippen LogP contribution >= 0.6 is 23.2 Å². The normalized spacial score (nSPS) is 11.8. The van der Waals surface area contributed by atoms with Crippen LogP contribution in [-0.4, -0.2) is 35.4 Å². The van der Waals surface area contributed by atoms with Crippen molar-refractivity contribution in [3.8, 4) is 5.75 Å². The Bertz CT molecular complexity index is 1200. The molecule has 0 unspecified atom stereocenters. The van der Waals surface area contributed by atoms with Crippen LogP contribution in [0.4, 0.5) is 0 Å². The van der Waals surface area contributed by atoms with E-state index in [4.69, 9.17) is 27.9 Å². The van der Waals surface area contributed by atoms with E-state index in [9.17, 15) is 9.59 Å². The van der Waals surface area contributed by atoms with Crippen molar-refractivity contribution in [1.82, 2.24) is 10.2 Å². The summed E-state index contributed by atoms with van der Waals surface area (Å²) >= 11 is 12.4. The zero-order valence-corrected chi connectivity index (χ0v) is 22.6. The fraction of sp³-hybridized carbons (Fsp3) is 0.310. The van der Waals surface area contributed by atoms with Gasteiger partial charge in [0, 0.05) is 19.0 Å². The predicted octanol–water partition coefficient (Wildman–Crippen LogP) is 6.15. The number of carbonyl (C=O) groups is 2. The first-order valence-electron chi connectivity index (χ1n) is 11.9. The van der Waals surface area contributed by atoms with E-state index in [1.165, 1.54) is 0 Å². The molecular formula is C29H32Cl2N2O3. The Morgan fingerprint density at radius 1 is 0.917 bits per heavy atom. The topological polar surface area (TPSA) is 58.6 Å². The number of aryl methyl sites for hydroxylation is 2. The van der Waals surface area contributed by atoms with Crippen LogP contribution in [0.1, 0.15) is 36.1 Å². The Balaban J connectivity index is 1.94. The maximum atomic E-state index is 13.6. The third kappa shape index (κ3) is 7.74. The molecule has 0 aliphatic rings. The molecule has 1 N–H and O–H groups in total. The fourth-order valence-electron chi connectivity index (χ4n) is 3.95. The first-order valence-corrected chi connectivity index (χ1v) is 12.7. The van der Waals surface area contributed by atoms with Crippen LogP contribution in [0.2, 0.25) is 10.0 Å². The second kappa shape index (κ2) is 12.8. The van der Waals surface area contributed by atoms with Crippen molar-refractivity contribution in [1.29, 1.82) is 0 Å². The van der Waals surface area contributed by atoms with Crippen molar-refractivity contribution in [3.63, 3.8) is 0 Å². The molecule has 3 rings (SSSR count). The summed E-state index contributed by atoms with van der Waals surface area (Å²) < 4.78 is 5.91. The first kappa shape index (κ1) is 27.6. The lowest BCUT2D eigenvalue weighted by molar-refractivity contribution is -0.143. The molecule has 3 aromatic carbocycles. The summed E-state index contributed by atoms with van der Waals surface area (Å²) in [6.45, 7) is 7.70. The van der Waals surface area contributed by atoms with Crippen molar-refractivity contribution in [2.45, 2.75) is 52.7 Å². The molecule has 0 radical (unpaired) electrons. The van der Waals surface area contributed by atoms with E-state index in [1.54, 1.807) is 23.1 Å². The molecule has 0 fully saturated rings. The average Bonchev–Trinajstić information content (AvgIpc) is 2.83. The van der Waals surface area contributed by atoms with E-state index in [-0.39, 0.29) is 31.0 Å². The number of ether oxygens (including phenoxy) is 1. The van der Waals surface area contributed by atoms with Crippen LogP contribution in [0.5, 0.6) is 5.75 Å². The molecule has 0 aromatic heterocycles. The summed E-state index contributed by atoms with van der Waals surface area (Å²) in [6, 6.07) is 19.8. The number of rotatable bonds is 10. The van der Waals surface area contributed by atoms with Crippen LogP contribution in [0.3, 0.4) is 0 Å². The third-order valence-corrected chi connectivity index (χ3v) is 6.46. The van der Waals surface area contributed by atoms with E-state index in [0.29, 0.717) is 22.2 Å². The molecule has 36 heavy (non-hydrogen) atoms. The molecule has 0 heterocycles. The van der Waals surface area contributed by atoms with Gasteiger partial charge in [-0.2, -0.15) is 0 Å².